The first-order valence-electron chi connectivity index (χ1n) is 7.38. The highest BCUT2D eigenvalue weighted by molar-refractivity contribution is 7.84. The second-order valence-corrected chi connectivity index (χ2v) is 7.41. The number of halogens is 1. The van der Waals surface area contributed by atoms with Gasteiger partial charge in [0.05, 0.1) is 29.8 Å². The Morgan fingerprint density at radius 2 is 2.00 bits per heavy atom. The van der Waals surface area contributed by atoms with Crippen LogP contribution in [0.2, 0.25) is 5.02 Å². The number of nitrogens with zero attached hydrogens (tertiary/aromatic N) is 2. The first kappa shape index (κ1) is 19.5. The SMILES string of the molecule is CS(=O)(=O)[O-].C[n+]1ccn2c1C=C(c1ccc(Cl)cc1)OC(CO)C2. The summed E-state index contributed by atoms with van der Waals surface area (Å²) in [6, 6.07) is 7.50. The Morgan fingerprint density at radius 1 is 1.40 bits per heavy atom. The lowest BCUT2D eigenvalue weighted by atomic mass is 10.2. The average molecular weight is 387 g/mol. The van der Waals surface area contributed by atoms with Crippen molar-refractivity contribution >= 4 is 33.6 Å². The van der Waals surface area contributed by atoms with Crippen LogP contribution in [0.4, 0.5) is 0 Å². The maximum atomic E-state index is 9.46. The second-order valence-electron chi connectivity index (χ2n) is 5.56. The molecule has 0 spiro atoms. The van der Waals surface area contributed by atoms with E-state index in [-0.39, 0.29) is 12.7 Å². The van der Waals surface area contributed by atoms with Crippen LogP contribution in [0.15, 0.2) is 36.7 Å². The minimum absolute atomic E-state index is 0.0216. The zero-order valence-electron chi connectivity index (χ0n) is 13.8. The Balaban J connectivity index is 0.000000399. The van der Waals surface area contributed by atoms with E-state index >= 15 is 0 Å². The first-order valence-corrected chi connectivity index (χ1v) is 9.57. The number of aliphatic hydroxyl groups is 1. The van der Waals surface area contributed by atoms with Crippen LogP contribution in [0.1, 0.15) is 11.4 Å². The van der Waals surface area contributed by atoms with E-state index in [1.54, 1.807) is 0 Å². The molecule has 1 aliphatic heterocycles. The molecule has 25 heavy (non-hydrogen) atoms. The second kappa shape index (κ2) is 8.01. The van der Waals surface area contributed by atoms with Crippen molar-refractivity contribution in [1.82, 2.24) is 4.57 Å². The molecule has 1 aliphatic rings. The molecule has 136 valence electrons. The van der Waals surface area contributed by atoms with Crippen molar-refractivity contribution < 1.29 is 27.4 Å². The molecule has 0 saturated heterocycles. The molecule has 0 saturated carbocycles. The fraction of sp³-hybridized carbons (Fsp3) is 0.312. The predicted molar refractivity (Wildman–Crippen MR) is 92.5 cm³/mol. The maximum absolute atomic E-state index is 9.46. The molecule has 0 bridgehead atoms. The number of hydrogen-bond donors (Lipinski definition) is 1. The van der Waals surface area contributed by atoms with E-state index in [2.05, 4.69) is 4.57 Å². The van der Waals surface area contributed by atoms with Crippen LogP contribution in [0.3, 0.4) is 0 Å². The molecular weight excluding hydrogens is 368 g/mol. The van der Waals surface area contributed by atoms with Gasteiger partial charge in [0, 0.05) is 16.8 Å². The van der Waals surface area contributed by atoms with Crippen molar-refractivity contribution in [2.45, 2.75) is 12.6 Å². The van der Waals surface area contributed by atoms with Crippen molar-refractivity contribution in [3.63, 3.8) is 0 Å². The van der Waals surface area contributed by atoms with E-state index in [1.807, 2.05) is 54.3 Å². The third kappa shape index (κ3) is 5.86. The van der Waals surface area contributed by atoms with Gasteiger partial charge in [0.25, 0.3) is 5.82 Å². The third-order valence-corrected chi connectivity index (χ3v) is 3.66. The van der Waals surface area contributed by atoms with Gasteiger partial charge in [0.2, 0.25) is 0 Å². The quantitative estimate of drug-likeness (QED) is 0.614. The van der Waals surface area contributed by atoms with E-state index in [4.69, 9.17) is 29.3 Å². The highest BCUT2D eigenvalue weighted by Crippen LogP contribution is 2.25. The molecule has 2 heterocycles. The lowest BCUT2D eigenvalue weighted by Crippen LogP contribution is -2.30. The number of aryl methyl sites for hydroxylation is 1. The van der Waals surface area contributed by atoms with Gasteiger partial charge in [-0.3, -0.25) is 0 Å². The maximum Gasteiger partial charge on any atom is 0.285 e. The minimum Gasteiger partial charge on any atom is -0.748 e. The summed E-state index contributed by atoms with van der Waals surface area (Å²) in [5.41, 5.74) is 0.947. The summed E-state index contributed by atoms with van der Waals surface area (Å²) in [6.07, 6.45) is 6.31. The molecule has 1 aromatic carbocycles. The van der Waals surface area contributed by atoms with Crippen LogP contribution in [0, 0.1) is 0 Å². The summed E-state index contributed by atoms with van der Waals surface area (Å²) in [4.78, 5) is 0. The summed E-state index contributed by atoms with van der Waals surface area (Å²) < 4.78 is 37.2. The van der Waals surface area contributed by atoms with E-state index < -0.39 is 10.1 Å². The molecule has 3 rings (SSSR count). The third-order valence-electron chi connectivity index (χ3n) is 3.41. The van der Waals surface area contributed by atoms with Crippen molar-refractivity contribution in [3.05, 3.63) is 53.1 Å². The van der Waals surface area contributed by atoms with Crippen LogP contribution in [-0.2, 0) is 28.4 Å². The van der Waals surface area contributed by atoms with Crippen LogP contribution in [0.5, 0.6) is 0 Å². The lowest BCUT2D eigenvalue weighted by molar-refractivity contribution is -0.672. The van der Waals surface area contributed by atoms with E-state index in [1.165, 1.54) is 0 Å². The molecule has 0 fully saturated rings. The fourth-order valence-electron chi connectivity index (χ4n) is 2.32. The van der Waals surface area contributed by atoms with Crippen LogP contribution >= 0.6 is 11.6 Å². The van der Waals surface area contributed by atoms with Crippen LogP contribution in [-0.4, -0.2) is 41.6 Å². The molecule has 2 aromatic rings. The largest absolute Gasteiger partial charge is 0.748 e. The standard InChI is InChI=1S/C15H16ClN2O2.CH4O3S/c1-17-6-7-18-9-13(10-19)20-14(8-15(17)18)11-2-4-12(16)5-3-11;1-5(2,3)4/h2-8,13,19H,9-10H2,1H3;1H3,(H,2,3,4)/q+1;/p-1. The van der Waals surface area contributed by atoms with Crippen molar-refractivity contribution in [2.75, 3.05) is 12.9 Å². The van der Waals surface area contributed by atoms with E-state index in [0.29, 0.717) is 17.8 Å². The van der Waals surface area contributed by atoms with Crippen molar-refractivity contribution in [3.8, 4) is 0 Å². The minimum atomic E-state index is -3.92. The topological polar surface area (TPSA) is 95.5 Å². The number of imidazole rings is 1. The summed E-state index contributed by atoms with van der Waals surface area (Å²) in [5, 5.41) is 10.2. The van der Waals surface area contributed by atoms with E-state index in [0.717, 1.165) is 17.1 Å². The summed E-state index contributed by atoms with van der Waals surface area (Å²) >= 11 is 5.92. The van der Waals surface area contributed by atoms with Crippen molar-refractivity contribution in [2.24, 2.45) is 7.05 Å². The van der Waals surface area contributed by atoms with Gasteiger partial charge in [-0.15, -0.1) is 0 Å². The molecule has 0 aliphatic carbocycles. The Labute approximate surface area is 151 Å². The number of hydrogen-bond acceptors (Lipinski definition) is 5. The number of rotatable bonds is 2. The van der Waals surface area contributed by atoms with Crippen LogP contribution < -0.4 is 4.57 Å². The van der Waals surface area contributed by atoms with Gasteiger partial charge in [-0.05, 0) is 24.3 Å². The van der Waals surface area contributed by atoms with Gasteiger partial charge < -0.3 is 14.4 Å². The molecule has 0 amide bonds. The normalized spacial score (nSPS) is 16.7. The van der Waals surface area contributed by atoms with Gasteiger partial charge in [-0.1, -0.05) is 11.6 Å². The molecule has 1 unspecified atom stereocenters. The van der Waals surface area contributed by atoms with Gasteiger partial charge in [-0.2, -0.15) is 0 Å². The van der Waals surface area contributed by atoms with Gasteiger partial charge in [0.1, 0.15) is 24.7 Å². The number of fused-ring (bicyclic) bond motifs is 1. The predicted octanol–water partition coefficient (Wildman–Crippen LogP) is 1.02. The van der Waals surface area contributed by atoms with Crippen molar-refractivity contribution in [1.29, 1.82) is 0 Å². The molecule has 1 N–H and O–H groups in total. The Hall–Kier alpha value is -1.87. The first-order chi connectivity index (χ1) is 11.7. The molecular formula is C16H19ClN2O5S. The number of aliphatic hydroxyl groups excluding tert-OH is 1. The summed E-state index contributed by atoms with van der Waals surface area (Å²) in [5.74, 6) is 1.78. The fourth-order valence-corrected chi connectivity index (χ4v) is 2.45. The molecule has 1 atom stereocenters. The molecule has 0 radical (unpaired) electrons. The van der Waals surface area contributed by atoms with Gasteiger partial charge in [-0.25, -0.2) is 17.6 Å². The highest BCUT2D eigenvalue weighted by atomic mass is 35.5. The average Bonchev–Trinajstić information content (AvgIpc) is 2.76. The van der Waals surface area contributed by atoms with Gasteiger partial charge >= 0.3 is 0 Å². The molecule has 9 heteroatoms. The Morgan fingerprint density at radius 3 is 2.56 bits per heavy atom. The highest BCUT2D eigenvalue weighted by Gasteiger charge is 2.25. The molecule has 7 nitrogen and oxygen atoms in total. The molecule has 1 aromatic heterocycles. The summed E-state index contributed by atoms with van der Waals surface area (Å²) in [7, 11) is -1.93. The summed E-state index contributed by atoms with van der Waals surface area (Å²) in [6.45, 7) is 0.604. The number of ether oxygens (including phenoxy) is 1. The Bertz CT molecular complexity index is 851. The number of aromatic nitrogens is 2. The van der Waals surface area contributed by atoms with Crippen LogP contribution in [0.25, 0.3) is 11.8 Å². The monoisotopic (exact) mass is 386 g/mol. The van der Waals surface area contributed by atoms with Gasteiger partial charge in [0.15, 0.2) is 6.10 Å². The zero-order valence-corrected chi connectivity index (χ0v) is 15.4. The lowest BCUT2D eigenvalue weighted by Gasteiger charge is -2.15. The Kier molecular flexibility index (Phi) is 6.23. The van der Waals surface area contributed by atoms with E-state index in [9.17, 15) is 5.11 Å². The smallest absolute Gasteiger partial charge is 0.285 e. The zero-order chi connectivity index (χ0) is 18.6. The number of benzene rings is 1.